The normalized spacial score (nSPS) is 11.6. The Labute approximate surface area is 210 Å². The van der Waals surface area contributed by atoms with E-state index in [4.69, 9.17) is 0 Å². The summed E-state index contributed by atoms with van der Waals surface area (Å²) >= 11 is 0. The second-order valence-corrected chi connectivity index (χ2v) is 8.39. The van der Waals surface area contributed by atoms with Crippen LogP contribution in [0.15, 0.2) is 81.6 Å². The summed E-state index contributed by atoms with van der Waals surface area (Å²) in [6.45, 7) is 1.80. The molecule has 4 rings (SSSR count). The fraction of sp³-hybridized carbons (Fsp3) is 0.333. The van der Waals surface area contributed by atoms with E-state index in [0.29, 0.717) is 11.9 Å². The lowest BCUT2D eigenvalue weighted by atomic mass is 10.2. The van der Waals surface area contributed by atoms with E-state index in [2.05, 4.69) is 41.3 Å². The van der Waals surface area contributed by atoms with Gasteiger partial charge < -0.3 is 10.6 Å². The molecule has 12 heteroatoms. The zero-order valence-corrected chi connectivity index (χ0v) is 21.1. The zero-order chi connectivity index (χ0) is 25.3. The zero-order valence-electron chi connectivity index (χ0n) is 21.1. The van der Waals surface area contributed by atoms with Gasteiger partial charge in [0.2, 0.25) is 12.7 Å². The Kier molecular flexibility index (Phi) is 8.06. The number of aromatic nitrogens is 6. The molecule has 2 N–H and O–H groups in total. The van der Waals surface area contributed by atoms with Crippen molar-refractivity contribution in [2.24, 2.45) is 48.6 Å². The molecule has 0 spiro atoms. The number of rotatable bonds is 11. The fourth-order valence-corrected chi connectivity index (χ4v) is 3.46. The number of hydrogen-bond donors (Lipinski definition) is 2. The summed E-state index contributed by atoms with van der Waals surface area (Å²) in [4.78, 5) is 0. The quantitative estimate of drug-likeness (QED) is 0.189. The van der Waals surface area contributed by atoms with Crippen molar-refractivity contribution >= 4 is 34.6 Å². The molecule has 0 fully saturated rings. The van der Waals surface area contributed by atoms with Crippen molar-refractivity contribution in [1.82, 2.24) is 19.6 Å². The van der Waals surface area contributed by atoms with Gasteiger partial charge in [-0.25, -0.2) is 9.13 Å². The van der Waals surface area contributed by atoms with Gasteiger partial charge in [-0.3, -0.25) is 0 Å². The molecule has 4 aromatic rings. The van der Waals surface area contributed by atoms with Crippen LogP contribution in [0.2, 0.25) is 0 Å². The summed E-state index contributed by atoms with van der Waals surface area (Å²) in [6.07, 6.45) is 5.51. The van der Waals surface area contributed by atoms with Crippen LogP contribution in [0.5, 0.6) is 0 Å². The van der Waals surface area contributed by atoms with Crippen molar-refractivity contribution < 1.29 is 9.13 Å². The highest BCUT2D eigenvalue weighted by Gasteiger charge is 2.12. The molecule has 0 aliphatic heterocycles. The molecule has 0 saturated heterocycles. The first-order valence-electron chi connectivity index (χ1n) is 11.8. The van der Waals surface area contributed by atoms with Crippen LogP contribution in [0.3, 0.4) is 0 Å². The summed E-state index contributed by atoms with van der Waals surface area (Å²) in [5.74, 6) is 1.37. The van der Waals surface area contributed by atoms with E-state index in [1.807, 2.05) is 85.9 Å². The first kappa shape index (κ1) is 24.6. The van der Waals surface area contributed by atoms with Crippen LogP contribution in [-0.4, -0.2) is 32.7 Å². The largest absolute Gasteiger partial charge is 0.403 e. The predicted molar refractivity (Wildman–Crippen MR) is 136 cm³/mol. The van der Waals surface area contributed by atoms with Gasteiger partial charge in [-0.1, -0.05) is 10.2 Å². The Hall–Kier alpha value is -4.48. The number of unbranched alkanes of at least 4 members (excludes halogenated alkanes) is 1. The molecule has 0 radical (unpaired) electrons. The summed E-state index contributed by atoms with van der Waals surface area (Å²) in [7, 11) is 7.45. The fourth-order valence-electron chi connectivity index (χ4n) is 3.46. The second-order valence-electron chi connectivity index (χ2n) is 8.39. The third kappa shape index (κ3) is 6.56. The number of benzene rings is 2. The maximum Gasteiger partial charge on any atom is 0.403 e. The van der Waals surface area contributed by atoms with Crippen LogP contribution < -0.4 is 19.8 Å². The molecule has 2 heterocycles. The Morgan fingerprint density at radius 1 is 0.639 bits per heavy atom. The summed E-state index contributed by atoms with van der Waals surface area (Å²) in [6, 6.07) is 15.9. The van der Waals surface area contributed by atoms with Gasteiger partial charge in [-0.05, 0) is 71.6 Å². The van der Waals surface area contributed by atoms with Crippen molar-refractivity contribution in [1.29, 1.82) is 0 Å². The number of nitrogens with zero attached hydrogens (tertiary/aromatic N) is 10. The van der Waals surface area contributed by atoms with Crippen molar-refractivity contribution in [3.8, 4) is 0 Å². The van der Waals surface area contributed by atoms with Gasteiger partial charge in [0.15, 0.2) is 0 Å². The Balaban J connectivity index is 1.14. The SMILES string of the molecule is Cn1nc[n+](C)c1N=Nc1ccc(NCCCCNc2ccc(N=Nc3n(C)nc[n+]3C)cc2)cc1. The second kappa shape index (κ2) is 11.8. The first-order valence-corrected chi connectivity index (χ1v) is 11.8. The number of azo groups is 2. The molecule has 2 aromatic heterocycles. The van der Waals surface area contributed by atoms with Crippen LogP contribution in [0.4, 0.5) is 34.6 Å². The standard InChI is InChI=1S/C24H30N12/c1-33-17-27-35(3)23(33)31-29-21-11-7-19(8-12-21)25-15-5-6-16-26-20-9-13-22(14-10-20)30-32-24-34(2)18-28-36(24)4/h7-14,17-18H,5-6,15-16H2,1-4H3/p+2. The monoisotopic (exact) mass is 488 g/mol. The highest BCUT2D eigenvalue weighted by Crippen LogP contribution is 2.20. The van der Waals surface area contributed by atoms with Crippen molar-refractivity contribution in [3.05, 3.63) is 61.2 Å². The Morgan fingerprint density at radius 2 is 1.03 bits per heavy atom. The lowest BCUT2D eigenvalue weighted by Crippen LogP contribution is -2.25. The summed E-state index contributed by atoms with van der Waals surface area (Å²) in [5.41, 5.74) is 3.73. The van der Waals surface area contributed by atoms with E-state index in [9.17, 15) is 0 Å². The van der Waals surface area contributed by atoms with Gasteiger partial charge >= 0.3 is 11.9 Å². The summed E-state index contributed by atoms with van der Waals surface area (Å²) in [5, 5.41) is 32.3. The molecule has 36 heavy (non-hydrogen) atoms. The van der Waals surface area contributed by atoms with Crippen molar-refractivity contribution in [3.63, 3.8) is 0 Å². The van der Waals surface area contributed by atoms with Gasteiger partial charge in [0.25, 0.3) is 0 Å². The van der Waals surface area contributed by atoms with Crippen molar-refractivity contribution in [2.75, 3.05) is 23.7 Å². The third-order valence-electron chi connectivity index (χ3n) is 5.51. The molecule has 12 nitrogen and oxygen atoms in total. The maximum absolute atomic E-state index is 4.29. The Morgan fingerprint density at radius 3 is 1.36 bits per heavy atom. The molecule has 0 aliphatic carbocycles. The van der Waals surface area contributed by atoms with Crippen LogP contribution in [0.25, 0.3) is 0 Å². The van der Waals surface area contributed by atoms with Crippen LogP contribution in [0, 0.1) is 0 Å². The molecule has 0 bridgehead atoms. The first-order chi connectivity index (χ1) is 17.5. The molecule has 186 valence electrons. The predicted octanol–water partition coefficient (Wildman–Crippen LogP) is 3.94. The molecular weight excluding hydrogens is 456 g/mol. The van der Waals surface area contributed by atoms with Crippen molar-refractivity contribution in [2.45, 2.75) is 12.8 Å². The molecular formula is C24H32N12+2. The smallest absolute Gasteiger partial charge is 0.385 e. The Bertz CT molecular complexity index is 1170. The number of nitrogens with one attached hydrogen (secondary N) is 2. The molecule has 0 aliphatic rings. The van der Waals surface area contributed by atoms with Crippen LogP contribution in [-0.2, 0) is 28.2 Å². The number of hydrogen-bond acceptors (Lipinski definition) is 8. The average molecular weight is 489 g/mol. The van der Waals surface area contributed by atoms with Crippen LogP contribution >= 0.6 is 0 Å². The molecule has 0 atom stereocenters. The average Bonchev–Trinajstić information content (AvgIpc) is 3.39. The molecule has 2 aromatic carbocycles. The topological polar surface area (TPSA) is 117 Å². The van der Waals surface area contributed by atoms with E-state index in [-0.39, 0.29) is 0 Å². The van der Waals surface area contributed by atoms with Gasteiger partial charge in [0, 0.05) is 34.7 Å². The summed E-state index contributed by atoms with van der Waals surface area (Å²) < 4.78 is 7.00. The minimum Gasteiger partial charge on any atom is -0.385 e. The van der Waals surface area contributed by atoms with Gasteiger partial charge in [0.05, 0.1) is 39.6 Å². The molecule has 0 amide bonds. The van der Waals surface area contributed by atoms with E-state index >= 15 is 0 Å². The lowest BCUT2D eigenvalue weighted by Gasteiger charge is -2.08. The van der Waals surface area contributed by atoms with E-state index in [1.54, 1.807) is 22.0 Å². The third-order valence-corrected chi connectivity index (χ3v) is 5.51. The van der Waals surface area contributed by atoms with Gasteiger partial charge in [-0.15, -0.1) is 9.36 Å². The van der Waals surface area contributed by atoms with E-state index < -0.39 is 0 Å². The number of aryl methyl sites for hydroxylation is 4. The van der Waals surface area contributed by atoms with E-state index in [0.717, 1.165) is 48.7 Å². The lowest BCUT2D eigenvalue weighted by molar-refractivity contribution is -0.659. The van der Waals surface area contributed by atoms with Gasteiger partial charge in [-0.2, -0.15) is 0 Å². The van der Waals surface area contributed by atoms with Gasteiger partial charge in [0.1, 0.15) is 0 Å². The number of anilines is 2. The highest BCUT2D eigenvalue weighted by molar-refractivity contribution is 5.51. The van der Waals surface area contributed by atoms with E-state index in [1.165, 1.54) is 0 Å². The highest BCUT2D eigenvalue weighted by atomic mass is 15.4. The molecule has 0 saturated carbocycles. The molecule has 0 unspecified atom stereocenters. The minimum absolute atomic E-state index is 0.683. The minimum atomic E-state index is 0.683. The maximum atomic E-state index is 4.29. The van der Waals surface area contributed by atoms with Crippen LogP contribution in [0.1, 0.15) is 12.8 Å².